The maximum atomic E-state index is 4.47. The van der Waals surface area contributed by atoms with E-state index in [1.807, 2.05) is 24.6 Å². The molecule has 1 N–H and O–H groups in total. The average molecular weight is 311 g/mol. The molecule has 0 saturated carbocycles. The van der Waals surface area contributed by atoms with Crippen molar-refractivity contribution in [2.75, 3.05) is 13.6 Å². The number of likely N-dealkylation sites (N-methyl/N-ethyl adjacent to an activating group) is 1. The number of nitrogens with zero attached hydrogens (tertiary/aromatic N) is 1. The molecule has 17 heavy (non-hydrogen) atoms. The van der Waals surface area contributed by atoms with E-state index in [4.69, 9.17) is 0 Å². The quantitative estimate of drug-likeness (QED) is 0.917. The minimum absolute atomic E-state index is 0.928. The van der Waals surface area contributed by atoms with Gasteiger partial charge in [0.25, 0.3) is 0 Å². The molecular formula is C13H15BrN2S. The molecule has 90 valence electrons. The summed E-state index contributed by atoms with van der Waals surface area (Å²) in [4.78, 5) is 5.82. The molecule has 0 atom stereocenters. The van der Waals surface area contributed by atoms with Crippen LogP contribution >= 0.6 is 27.3 Å². The lowest BCUT2D eigenvalue weighted by Gasteiger charge is -1.98. The number of halogens is 1. The maximum Gasteiger partial charge on any atom is 0.0971 e. The lowest BCUT2D eigenvalue weighted by molar-refractivity contribution is 0.798. The zero-order valence-electron chi connectivity index (χ0n) is 9.74. The Bertz CT molecular complexity index is 465. The Balaban J connectivity index is 1.98. The highest BCUT2D eigenvalue weighted by atomic mass is 79.9. The summed E-state index contributed by atoms with van der Waals surface area (Å²) in [5.41, 5.74) is 1.31. The van der Waals surface area contributed by atoms with Gasteiger partial charge in [0.15, 0.2) is 0 Å². The molecule has 0 radical (unpaired) electrons. The molecule has 0 unspecified atom stereocenters. The summed E-state index contributed by atoms with van der Waals surface area (Å²) in [5, 5.41) is 4.35. The first-order valence-electron chi connectivity index (χ1n) is 5.60. The maximum absolute atomic E-state index is 4.47. The largest absolute Gasteiger partial charge is 0.319 e. The molecule has 0 aliphatic heterocycles. The third kappa shape index (κ3) is 3.91. The molecule has 1 aromatic heterocycles. The van der Waals surface area contributed by atoms with Crippen molar-refractivity contribution in [1.82, 2.24) is 10.3 Å². The SMILES string of the molecule is CNCCc1cnc(Cc2ccc(Br)cc2)s1. The summed E-state index contributed by atoms with van der Waals surface area (Å²) in [6.45, 7) is 1.01. The highest BCUT2D eigenvalue weighted by Crippen LogP contribution is 2.18. The van der Waals surface area contributed by atoms with Gasteiger partial charge in [-0.2, -0.15) is 0 Å². The molecule has 0 amide bonds. The van der Waals surface area contributed by atoms with Gasteiger partial charge < -0.3 is 5.32 Å². The highest BCUT2D eigenvalue weighted by molar-refractivity contribution is 9.10. The molecule has 4 heteroatoms. The monoisotopic (exact) mass is 310 g/mol. The predicted octanol–water partition coefficient (Wildman–Crippen LogP) is 3.26. The van der Waals surface area contributed by atoms with E-state index < -0.39 is 0 Å². The molecule has 0 aliphatic carbocycles. The van der Waals surface area contributed by atoms with Crippen LogP contribution in [0.15, 0.2) is 34.9 Å². The topological polar surface area (TPSA) is 24.9 Å². The second kappa shape index (κ2) is 6.28. The molecule has 1 aromatic carbocycles. The lowest BCUT2D eigenvalue weighted by atomic mass is 10.2. The van der Waals surface area contributed by atoms with Crippen LogP contribution in [0.25, 0.3) is 0 Å². The van der Waals surface area contributed by atoms with Crippen molar-refractivity contribution in [3.8, 4) is 0 Å². The lowest BCUT2D eigenvalue weighted by Crippen LogP contribution is -2.09. The van der Waals surface area contributed by atoms with Crippen molar-refractivity contribution in [3.05, 3.63) is 50.4 Å². The fourth-order valence-electron chi connectivity index (χ4n) is 1.57. The third-order valence-electron chi connectivity index (χ3n) is 2.49. The van der Waals surface area contributed by atoms with Crippen molar-refractivity contribution < 1.29 is 0 Å². The van der Waals surface area contributed by atoms with Gasteiger partial charge in [-0.15, -0.1) is 11.3 Å². The zero-order chi connectivity index (χ0) is 12.1. The van der Waals surface area contributed by atoms with Crippen molar-refractivity contribution in [1.29, 1.82) is 0 Å². The molecule has 0 bridgehead atoms. The second-order valence-corrected chi connectivity index (χ2v) is 5.99. The Kier molecular flexibility index (Phi) is 4.71. The Morgan fingerprint density at radius 3 is 2.76 bits per heavy atom. The van der Waals surface area contributed by atoms with E-state index >= 15 is 0 Å². The summed E-state index contributed by atoms with van der Waals surface area (Å²) in [5.74, 6) is 0. The van der Waals surface area contributed by atoms with Crippen LogP contribution in [0.1, 0.15) is 15.4 Å². The first-order chi connectivity index (χ1) is 8.28. The molecule has 0 spiro atoms. The van der Waals surface area contributed by atoms with Gasteiger partial charge in [0, 0.05) is 22.0 Å². The van der Waals surface area contributed by atoms with Crippen LogP contribution in [-0.4, -0.2) is 18.6 Å². The van der Waals surface area contributed by atoms with E-state index in [2.05, 4.69) is 50.5 Å². The minimum atomic E-state index is 0.928. The van der Waals surface area contributed by atoms with Crippen molar-refractivity contribution in [3.63, 3.8) is 0 Å². The van der Waals surface area contributed by atoms with E-state index in [0.29, 0.717) is 0 Å². The van der Waals surface area contributed by atoms with Crippen molar-refractivity contribution >= 4 is 27.3 Å². The Labute approximate surface area is 114 Å². The molecule has 0 saturated heterocycles. The van der Waals surface area contributed by atoms with Crippen LogP contribution in [-0.2, 0) is 12.8 Å². The summed E-state index contributed by atoms with van der Waals surface area (Å²) in [6.07, 6.45) is 3.99. The van der Waals surface area contributed by atoms with Gasteiger partial charge >= 0.3 is 0 Å². The fraction of sp³-hybridized carbons (Fsp3) is 0.308. The summed E-state index contributed by atoms with van der Waals surface area (Å²) in [7, 11) is 1.98. The summed E-state index contributed by atoms with van der Waals surface area (Å²) in [6, 6.07) is 8.42. The van der Waals surface area contributed by atoms with Gasteiger partial charge in [0.1, 0.15) is 0 Å². The molecular weight excluding hydrogens is 296 g/mol. The van der Waals surface area contributed by atoms with Crippen molar-refractivity contribution in [2.24, 2.45) is 0 Å². The molecule has 2 nitrogen and oxygen atoms in total. The van der Waals surface area contributed by atoms with E-state index in [1.165, 1.54) is 15.4 Å². The normalized spacial score (nSPS) is 10.7. The van der Waals surface area contributed by atoms with Crippen LogP contribution in [0.2, 0.25) is 0 Å². The van der Waals surface area contributed by atoms with E-state index in [-0.39, 0.29) is 0 Å². The van der Waals surface area contributed by atoms with Crippen LogP contribution in [0.3, 0.4) is 0 Å². The number of hydrogen-bond donors (Lipinski definition) is 1. The fourth-order valence-corrected chi connectivity index (χ4v) is 2.79. The van der Waals surface area contributed by atoms with Gasteiger partial charge in [-0.25, -0.2) is 4.98 Å². The minimum Gasteiger partial charge on any atom is -0.319 e. The molecule has 2 rings (SSSR count). The number of hydrogen-bond acceptors (Lipinski definition) is 3. The smallest absolute Gasteiger partial charge is 0.0971 e. The zero-order valence-corrected chi connectivity index (χ0v) is 12.1. The summed E-state index contributed by atoms with van der Waals surface area (Å²) >= 11 is 5.25. The predicted molar refractivity (Wildman–Crippen MR) is 76.7 cm³/mol. The second-order valence-electron chi connectivity index (χ2n) is 3.88. The Morgan fingerprint density at radius 1 is 1.29 bits per heavy atom. The van der Waals surface area contributed by atoms with Gasteiger partial charge in [0.05, 0.1) is 5.01 Å². The number of nitrogens with one attached hydrogen (secondary N) is 1. The Morgan fingerprint density at radius 2 is 2.06 bits per heavy atom. The van der Waals surface area contributed by atoms with Crippen LogP contribution in [0.5, 0.6) is 0 Å². The molecule has 0 aliphatic rings. The van der Waals surface area contributed by atoms with Crippen LogP contribution < -0.4 is 5.32 Å². The first-order valence-corrected chi connectivity index (χ1v) is 7.21. The number of benzene rings is 1. The standard InChI is InChI=1S/C13H15BrN2S/c1-15-7-6-12-9-16-13(17-12)8-10-2-4-11(14)5-3-10/h2-5,9,15H,6-8H2,1H3. The van der Waals surface area contributed by atoms with Crippen LogP contribution in [0.4, 0.5) is 0 Å². The summed E-state index contributed by atoms with van der Waals surface area (Å²) < 4.78 is 1.12. The molecule has 0 fully saturated rings. The average Bonchev–Trinajstić information content (AvgIpc) is 2.77. The van der Waals surface area contributed by atoms with Gasteiger partial charge in [-0.1, -0.05) is 28.1 Å². The highest BCUT2D eigenvalue weighted by Gasteiger charge is 2.03. The molecule has 1 heterocycles. The van der Waals surface area contributed by atoms with Gasteiger partial charge in [0.2, 0.25) is 0 Å². The first kappa shape index (κ1) is 12.7. The number of rotatable bonds is 5. The van der Waals surface area contributed by atoms with Crippen molar-refractivity contribution in [2.45, 2.75) is 12.8 Å². The van der Waals surface area contributed by atoms with E-state index in [9.17, 15) is 0 Å². The van der Waals surface area contributed by atoms with Crippen LogP contribution in [0, 0.1) is 0 Å². The molecule has 2 aromatic rings. The Hall–Kier alpha value is -0.710. The third-order valence-corrected chi connectivity index (χ3v) is 4.08. The van der Waals surface area contributed by atoms with Gasteiger partial charge in [-0.3, -0.25) is 0 Å². The van der Waals surface area contributed by atoms with Gasteiger partial charge in [-0.05, 0) is 37.7 Å². The number of thiazole rings is 1. The number of aromatic nitrogens is 1. The van der Waals surface area contributed by atoms with E-state index in [1.54, 1.807) is 0 Å². The van der Waals surface area contributed by atoms with E-state index in [0.717, 1.165) is 23.9 Å².